The maximum atomic E-state index is 12.8. The zero-order chi connectivity index (χ0) is 14.4. The Kier molecular flexibility index (Phi) is 3.02. The summed E-state index contributed by atoms with van der Waals surface area (Å²) in [6.07, 6.45) is 9.98. The van der Waals surface area contributed by atoms with Gasteiger partial charge in [-0.1, -0.05) is 4.49 Å². The Hall–Kier alpha value is -1.76. The quantitative estimate of drug-likeness (QED) is 0.852. The molecule has 0 radical (unpaired) electrons. The number of carbonyl (C=O) groups is 1. The molecule has 0 spiro atoms. The normalized spacial score (nSPS) is 28.0. The summed E-state index contributed by atoms with van der Waals surface area (Å²) in [6.45, 7) is 1.86. The maximum Gasteiger partial charge on any atom is 0.268 e. The van der Waals surface area contributed by atoms with E-state index < -0.39 is 0 Å². The summed E-state index contributed by atoms with van der Waals surface area (Å²) in [7, 11) is 0. The molecule has 4 rings (SSSR count). The van der Waals surface area contributed by atoms with E-state index in [2.05, 4.69) is 24.0 Å². The maximum absolute atomic E-state index is 12.8. The third-order valence-corrected chi connectivity index (χ3v) is 5.55. The lowest BCUT2D eigenvalue weighted by atomic mass is 9.97. The number of hydrogen-bond acceptors (Lipinski definition) is 5. The number of rotatable bonds is 2. The van der Waals surface area contributed by atoms with E-state index in [0.717, 1.165) is 31.4 Å². The van der Waals surface area contributed by atoms with Crippen LogP contribution in [0.2, 0.25) is 0 Å². The SMILES string of the molecule is Cc1nnsc1C(=O)N1C2CCC1CC(n1ccnc1)C2. The fraction of sp³-hybridized carbons (Fsp3) is 0.571. The van der Waals surface area contributed by atoms with Gasteiger partial charge in [0, 0.05) is 30.5 Å². The molecule has 0 aromatic carbocycles. The molecule has 2 atom stereocenters. The van der Waals surface area contributed by atoms with Gasteiger partial charge in [-0.25, -0.2) is 4.98 Å². The fourth-order valence-electron chi connectivity index (χ4n) is 3.75. The molecule has 4 heterocycles. The van der Waals surface area contributed by atoms with Gasteiger partial charge < -0.3 is 9.47 Å². The highest BCUT2D eigenvalue weighted by atomic mass is 32.1. The van der Waals surface area contributed by atoms with Gasteiger partial charge in [-0.05, 0) is 44.1 Å². The van der Waals surface area contributed by atoms with Crippen LogP contribution in [0.15, 0.2) is 18.7 Å². The van der Waals surface area contributed by atoms with E-state index >= 15 is 0 Å². The molecule has 110 valence electrons. The molecule has 0 aliphatic carbocycles. The lowest BCUT2D eigenvalue weighted by molar-refractivity contribution is 0.0537. The second-order valence-corrected chi connectivity index (χ2v) is 6.67. The Bertz CT molecular complexity index is 638. The monoisotopic (exact) mass is 303 g/mol. The number of hydrogen-bond donors (Lipinski definition) is 0. The number of aromatic nitrogens is 4. The summed E-state index contributed by atoms with van der Waals surface area (Å²) in [6, 6.07) is 1.14. The molecule has 2 saturated heterocycles. The van der Waals surface area contributed by atoms with Crippen LogP contribution in [0.5, 0.6) is 0 Å². The number of nitrogens with zero attached hydrogens (tertiary/aromatic N) is 5. The summed E-state index contributed by atoms with van der Waals surface area (Å²) in [5.41, 5.74) is 0.751. The Morgan fingerprint density at radius 3 is 2.62 bits per heavy atom. The third-order valence-electron chi connectivity index (χ3n) is 4.74. The smallest absolute Gasteiger partial charge is 0.268 e. The van der Waals surface area contributed by atoms with Crippen LogP contribution in [0.1, 0.15) is 47.1 Å². The van der Waals surface area contributed by atoms with Gasteiger partial charge >= 0.3 is 0 Å². The molecular formula is C14H17N5OS. The van der Waals surface area contributed by atoms with Crippen molar-refractivity contribution in [2.24, 2.45) is 0 Å². The molecule has 0 saturated carbocycles. The predicted octanol–water partition coefficient (Wildman–Crippen LogP) is 2.05. The van der Waals surface area contributed by atoms with E-state index in [1.165, 1.54) is 11.5 Å². The second-order valence-electron chi connectivity index (χ2n) is 5.92. The number of carbonyl (C=O) groups excluding carboxylic acids is 1. The Morgan fingerprint density at radius 2 is 2.05 bits per heavy atom. The first-order valence-electron chi connectivity index (χ1n) is 7.33. The molecular weight excluding hydrogens is 286 g/mol. The minimum absolute atomic E-state index is 0.124. The summed E-state index contributed by atoms with van der Waals surface area (Å²) in [5.74, 6) is 0.124. The van der Waals surface area contributed by atoms with Gasteiger partial charge in [-0.3, -0.25) is 4.79 Å². The molecule has 6 nitrogen and oxygen atoms in total. The van der Waals surface area contributed by atoms with Crippen molar-refractivity contribution in [1.82, 2.24) is 24.0 Å². The molecule has 2 fully saturated rings. The first kappa shape index (κ1) is 12.9. The standard InChI is InChI=1S/C14H17N5OS/c1-9-13(21-17-16-9)14(20)19-10-2-3-11(19)7-12(6-10)18-5-4-15-8-18/h4-5,8,10-12H,2-3,6-7H2,1H3. The zero-order valence-electron chi connectivity index (χ0n) is 11.8. The second kappa shape index (κ2) is 4.91. The van der Waals surface area contributed by atoms with Crippen molar-refractivity contribution in [1.29, 1.82) is 0 Å². The highest BCUT2D eigenvalue weighted by molar-refractivity contribution is 7.07. The molecule has 2 aliphatic rings. The van der Waals surface area contributed by atoms with E-state index in [1.54, 1.807) is 0 Å². The van der Waals surface area contributed by atoms with Crippen molar-refractivity contribution in [2.45, 2.75) is 50.7 Å². The van der Waals surface area contributed by atoms with E-state index in [9.17, 15) is 4.79 Å². The van der Waals surface area contributed by atoms with Crippen LogP contribution in [0.3, 0.4) is 0 Å². The van der Waals surface area contributed by atoms with Crippen molar-refractivity contribution < 1.29 is 4.79 Å². The molecule has 2 bridgehead atoms. The molecule has 2 unspecified atom stereocenters. The molecule has 21 heavy (non-hydrogen) atoms. The summed E-state index contributed by atoms with van der Waals surface area (Å²) in [5, 5.41) is 3.97. The number of piperidine rings is 1. The average molecular weight is 303 g/mol. The Labute approximate surface area is 127 Å². The van der Waals surface area contributed by atoms with Crippen LogP contribution in [0, 0.1) is 6.92 Å². The number of fused-ring (bicyclic) bond motifs is 2. The molecule has 2 aromatic rings. The predicted molar refractivity (Wildman–Crippen MR) is 78.1 cm³/mol. The van der Waals surface area contributed by atoms with Crippen LogP contribution in [-0.4, -0.2) is 42.0 Å². The lowest BCUT2D eigenvalue weighted by Crippen LogP contribution is -2.46. The molecule has 7 heteroatoms. The molecule has 1 amide bonds. The van der Waals surface area contributed by atoms with Crippen molar-refractivity contribution in [3.05, 3.63) is 29.3 Å². The van der Waals surface area contributed by atoms with Gasteiger partial charge in [-0.2, -0.15) is 0 Å². The van der Waals surface area contributed by atoms with Gasteiger partial charge in [0.15, 0.2) is 0 Å². The number of imidazole rings is 1. The summed E-state index contributed by atoms with van der Waals surface area (Å²) in [4.78, 5) is 19.7. The number of aryl methyl sites for hydroxylation is 1. The van der Waals surface area contributed by atoms with Crippen molar-refractivity contribution >= 4 is 17.4 Å². The van der Waals surface area contributed by atoms with Crippen LogP contribution < -0.4 is 0 Å². The minimum Gasteiger partial charge on any atom is -0.334 e. The van der Waals surface area contributed by atoms with Gasteiger partial charge in [0.25, 0.3) is 5.91 Å². The van der Waals surface area contributed by atoms with E-state index in [1.807, 2.05) is 25.6 Å². The highest BCUT2D eigenvalue weighted by Gasteiger charge is 2.44. The van der Waals surface area contributed by atoms with E-state index in [-0.39, 0.29) is 5.91 Å². The number of amides is 1. The first-order valence-corrected chi connectivity index (χ1v) is 8.10. The minimum atomic E-state index is 0.124. The van der Waals surface area contributed by atoms with Crippen LogP contribution >= 0.6 is 11.5 Å². The van der Waals surface area contributed by atoms with Crippen LogP contribution in [0.25, 0.3) is 0 Å². The fourth-order valence-corrected chi connectivity index (χ4v) is 4.36. The average Bonchev–Trinajstić information content (AvgIpc) is 3.19. The lowest BCUT2D eigenvalue weighted by Gasteiger charge is -2.39. The molecule has 2 aliphatic heterocycles. The highest BCUT2D eigenvalue weighted by Crippen LogP contribution is 2.41. The van der Waals surface area contributed by atoms with Gasteiger partial charge in [0.1, 0.15) is 4.88 Å². The topological polar surface area (TPSA) is 63.9 Å². The molecule has 0 N–H and O–H groups in total. The Morgan fingerprint density at radius 1 is 1.29 bits per heavy atom. The molecule has 2 aromatic heterocycles. The summed E-state index contributed by atoms with van der Waals surface area (Å²) < 4.78 is 6.08. The van der Waals surface area contributed by atoms with Crippen LogP contribution in [-0.2, 0) is 0 Å². The van der Waals surface area contributed by atoms with Crippen LogP contribution in [0.4, 0.5) is 0 Å². The van der Waals surface area contributed by atoms with Gasteiger partial charge in [0.05, 0.1) is 12.0 Å². The largest absolute Gasteiger partial charge is 0.334 e. The van der Waals surface area contributed by atoms with Gasteiger partial charge in [0.2, 0.25) is 0 Å². The summed E-state index contributed by atoms with van der Waals surface area (Å²) >= 11 is 1.21. The third kappa shape index (κ3) is 2.07. The Balaban J connectivity index is 1.57. The van der Waals surface area contributed by atoms with Gasteiger partial charge in [-0.15, -0.1) is 5.10 Å². The van der Waals surface area contributed by atoms with E-state index in [4.69, 9.17) is 0 Å². The zero-order valence-corrected chi connectivity index (χ0v) is 12.7. The van der Waals surface area contributed by atoms with Crippen molar-refractivity contribution in [3.8, 4) is 0 Å². The van der Waals surface area contributed by atoms with Crippen molar-refractivity contribution in [2.75, 3.05) is 0 Å². The van der Waals surface area contributed by atoms with Crippen molar-refractivity contribution in [3.63, 3.8) is 0 Å². The first-order chi connectivity index (χ1) is 10.2. The van der Waals surface area contributed by atoms with E-state index in [0.29, 0.717) is 23.0 Å².